The van der Waals surface area contributed by atoms with Crippen molar-refractivity contribution in [2.75, 3.05) is 32.8 Å². The lowest BCUT2D eigenvalue weighted by Gasteiger charge is -2.19. The van der Waals surface area contributed by atoms with Gasteiger partial charge in [0.15, 0.2) is 5.96 Å². The van der Waals surface area contributed by atoms with E-state index in [1.807, 2.05) is 0 Å². The van der Waals surface area contributed by atoms with E-state index < -0.39 is 34.5 Å². The molecule has 0 spiro atoms. The van der Waals surface area contributed by atoms with Crippen LogP contribution in [0.25, 0.3) is 10.9 Å². The van der Waals surface area contributed by atoms with Gasteiger partial charge >= 0.3 is 5.97 Å². The first-order valence-electron chi connectivity index (χ1n) is 11.6. The minimum Gasteiger partial charge on any atom is -0.464 e. The summed E-state index contributed by atoms with van der Waals surface area (Å²) in [6.07, 6.45) is 1.94. The number of carbonyl (C=O) groups is 2. The van der Waals surface area contributed by atoms with Gasteiger partial charge in [-0.1, -0.05) is 35.3 Å². The molecule has 38 heavy (non-hydrogen) atoms. The lowest BCUT2D eigenvalue weighted by atomic mass is 10.1. The van der Waals surface area contributed by atoms with Crippen LogP contribution in [0.2, 0.25) is 10.0 Å². The molecule has 1 unspecified atom stereocenters. The molecule has 2 heterocycles. The van der Waals surface area contributed by atoms with Crippen LogP contribution in [-0.2, 0) is 19.6 Å². The predicted molar refractivity (Wildman–Crippen MR) is 143 cm³/mol. The first-order chi connectivity index (χ1) is 18.3. The van der Waals surface area contributed by atoms with E-state index in [9.17, 15) is 18.0 Å². The third kappa shape index (κ3) is 6.72. The van der Waals surface area contributed by atoms with Gasteiger partial charge in [0.2, 0.25) is 10.0 Å². The third-order valence-corrected chi connectivity index (χ3v) is 7.92. The highest BCUT2D eigenvalue weighted by Gasteiger charge is 2.30. The molecule has 4 rings (SSSR count). The van der Waals surface area contributed by atoms with Crippen LogP contribution in [0.1, 0.15) is 16.8 Å². The van der Waals surface area contributed by atoms with Crippen LogP contribution in [0.3, 0.4) is 0 Å². The van der Waals surface area contributed by atoms with Gasteiger partial charge in [-0.05, 0) is 30.7 Å². The van der Waals surface area contributed by atoms with E-state index >= 15 is 0 Å². The van der Waals surface area contributed by atoms with E-state index in [1.165, 1.54) is 24.4 Å². The van der Waals surface area contributed by atoms with Gasteiger partial charge in [0.1, 0.15) is 10.9 Å². The number of sulfonamides is 1. The minimum absolute atomic E-state index is 0.00641. The van der Waals surface area contributed by atoms with Crippen molar-refractivity contribution >= 4 is 62.0 Å². The summed E-state index contributed by atoms with van der Waals surface area (Å²) >= 11 is 12.2. The monoisotopic (exact) mass is 581 g/mol. The zero-order chi connectivity index (χ0) is 27.1. The molecule has 0 aliphatic carbocycles. The van der Waals surface area contributed by atoms with Crippen LogP contribution in [-0.4, -0.2) is 75.3 Å². The zero-order valence-electron chi connectivity index (χ0n) is 20.0. The smallest absolute Gasteiger partial charge is 0.326 e. The molecule has 1 aromatic heterocycles. The van der Waals surface area contributed by atoms with E-state index in [2.05, 4.69) is 35.9 Å². The number of ether oxygens (including phenoxy) is 1. The summed E-state index contributed by atoms with van der Waals surface area (Å²) in [5, 5.41) is 15.7. The molecule has 0 fully saturated rings. The Labute approximate surface area is 228 Å². The van der Waals surface area contributed by atoms with E-state index in [0.29, 0.717) is 41.9 Å². The van der Waals surface area contributed by atoms with Gasteiger partial charge in [0.05, 0.1) is 40.5 Å². The van der Waals surface area contributed by atoms with Crippen molar-refractivity contribution in [3.05, 3.63) is 58.2 Å². The van der Waals surface area contributed by atoms with Crippen molar-refractivity contribution in [3.8, 4) is 0 Å². The second-order valence-corrected chi connectivity index (χ2v) is 10.6. The number of nitrogens with zero attached hydrogens (tertiary/aromatic N) is 2. The minimum atomic E-state index is -4.37. The summed E-state index contributed by atoms with van der Waals surface area (Å²) < 4.78 is 33.8. The number of esters is 1. The number of benzene rings is 2. The second kappa shape index (κ2) is 12.4. The number of rotatable bonds is 11. The maximum Gasteiger partial charge on any atom is 0.326 e. The van der Waals surface area contributed by atoms with Crippen LogP contribution < -0.4 is 20.7 Å². The molecule has 3 aromatic rings. The Morgan fingerprint density at radius 3 is 2.63 bits per heavy atom. The largest absolute Gasteiger partial charge is 0.464 e. The number of aromatic amines is 1. The number of hydrogen-bond acceptors (Lipinski definition) is 9. The van der Waals surface area contributed by atoms with Crippen molar-refractivity contribution in [1.29, 1.82) is 0 Å². The standard InChI is InChI=1S/C23H25Cl2N7O5S/c24-16-5-2-6-17(25)20(16)38(35,36)32-19(22(34)37-11-3-8-26-23-27-9-10-28-23)13-29-21(33)14-4-1-7-18-15(14)12-30-31-18/h1-2,4-7,12,19,32H,3,8-11,13H2,(H,29,33)(H,30,31)(H2,26,27,28). The van der Waals surface area contributed by atoms with Crippen molar-refractivity contribution in [1.82, 2.24) is 30.9 Å². The number of aromatic nitrogens is 2. The number of nitrogens with one attached hydrogen (secondary N) is 5. The number of amides is 1. The summed E-state index contributed by atoms with van der Waals surface area (Å²) in [6.45, 7) is 1.54. The SMILES string of the molecule is O=C(NCC(NS(=O)(=O)c1c(Cl)cccc1Cl)C(=O)OCCCNC1=NCCN1)c1cccc2[nH]ncc12. The van der Waals surface area contributed by atoms with Gasteiger partial charge in [-0.2, -0.15) is 9.82 Å². The second-order valence-electron chi connectivity index (χ2n) is 8.18. The number of hydrogen-bond donors (Lipinski definition) is 5. The lowest BCUT2D eigenvalue weighted by molar-refractivity contribution is -0.145. The Hall–Kier alpha value is -3.39. The summed E-state index contributed by atoms with van der Waals surface area (Å²) in [5.74, 6) is -0.734. The normalized spacial score (nSPS) is 14.0. The Morgan fingerprint density at radius 2 is 1.89 bits per heavy atom. The molecule has 0 saturated heterocycles. The van der Waals surface area contributed by atoms with E-state index in [-0.39, 0.29) is 21.5 Å². The molecule has 2 aromatic carbocycles. The number of H-pyrrole nitrogens is 1. The summed E-state index contributed by atoms with van der Waals surface area (Å²) in [5.41, 5.74) is 0.949. The molecular formula is C23H25Cl2N7O5S. The van der Waals surface area contributed by atoms with Gasteiger partial charge in [0.25, 0.3) is 5.91 Å². The first kappa shape index (κ1) is 27.6. The fourth-order valence-electron chi connectivity index (χ4n) is 3.68. The average Bonchev–Trinajstić information content (AvgIpc) is 3.57. The van der Waals surface area contributed by atoms with Crippen molar-refractivity contribution in [2.45, 2.75) is 17.4 Å². The summed E-state index contributed by atoms with van der Waals surface area (Å²) in [4.78, 5) is 29.6. The molecule has 0 radical (unpaired) electrons. The lowest BCUT2D eigenvalue weighted by Crippen LogP contribution is -2.49. The molecule has 0 bridgehead atoms. The average molecular weight is 582 g/mol. The molecule has 0 saturated carbocycles. The number of fused-ring (bicyclic) bond motifs is 1. The predicted octanol–water partition coefficient (Wildman–Crippen LogP) is 1.43. The van der Waals surface area contributed by atoms with Gasteiger partial charge < -0.3 is 20.7 Å². The molecule has 1 atom stereocenters. The van der Waals surface area contributed by atoms with E-state index in [0.717, 1.165) is 6.54 Å². The van der Waals surface area contributed by atoms with Crippen LogP contribution in [0.15, 0.2) is 52.5 Å². The quantitative estimate of drug-likeness (QED) is 0.167. The van der Waals surface area contributed by atoms with Crippen LogP contribution in [0.5, 0.6) is 0 Å². The molecular weight excluding hydrogens is 557 g/mol. The number of aliphatic imine (C=N–C) groups is 1. The van der Waals surface area contributed by atoms with E-state index in [1.54, 1.807) is 18.2 Å². The molecule has 1 aliphatic heterocycles. The van der Waals surface area contributed by atoms with E-state index in [4.69, 9.17) is 27.9 Å². The third-order valence-electron chi connectivity index (χ3n) is 5.50. The topological polar surface area (TPSA) is 167 Å². The molecule has 1 amide bonds. The maximum absolute atomic E-state index is 13.1. The highest BCUT2D eigenvalue weighted by molar-refractivity contribution is 7.89. The molecule has 1 aliphatic rings. The van der Waals surface area contributed by atoms with Crippen LogP contribution >= 0.6 is 23.2 Å². The molecule has 5 N–H and O–H groups in total. The zero-order valence-corrected chi connectivity index (χ0v) is 22.3. The van der Waals surface area contributed by atoms with Gasteiger partial charge in [-0.3, -0.25) is 19.7 Å². The Bertz CT molecular complexity index is 1440. The molecule has 202 valence electrons. The van der Waals surface area contributed by atoms with Gasteiger partial charge in [0, 0.05) is 25.0 Å². The van der Waals surface area contributed by atoms with Crippen molar-refractivity contribution in [2.24, 2.45) is 4.99 Å². The van der Waals surface area contributed by atoms with Gasteiger partial charge in [-0.25, -0.2) is 8.42 Å². The van der Waals surface area contributed by atoms with Crippen LogP contribution in [0, 0.1) is 0 Å². The fraction of sp³-hybridized carbons (Fsp3) is 0.304. The van der Waals surface area contributed by atoms with Crippen molar-refractivity contribution < 1.29 is 22.7 Å². The van der Waals surface area contributed by atoms with Crippen LogP contribution in [0.4, 0.5) is 0 Å². The number of halogens is 2. The summed E-state index contributed by atoms with van der Waals surface area (Å²) in [7, 11) is -4.37. The first-order valence-corrected chi connectivity index (χ1v) is 13.9. The summed E-state index contributed by atoms with van der Waals surface area (Å²) in [6, 6.07) is 7.76. The maximum atomic E-state index is 13.1. The van der Waals surface area contributed by atoms with Crippen molar-refractivity contribution in [3.63, 3.8) is 0 Å². The molecule has 15 heteroatoms. The highest BCUT2D eigenvalue weighted by atomic mass is 35.5. The number of carbonyl (C=O) groups excluding carboxylic acids is 2. The molecule has 12 nitrogen and oxygen atoms in total. The van der Waals surface area contributed by atoms with Gasteiger partial charge in [-0.15, -0.1) is 0 Å². The Morgan fingerprint density at radius 1 is 1.13 bits per heavy atom. The number of guanidine groups is 1. The Kier molecular flexibility index (Phi) is 9.05. The fourth-order valence-corrected chi connectivity index (χ4v) is 6.01. The Balaban J connectivity index is 1.44. The highest BCUT2D eigenvalue weighted by Crippen LogP contribution is 2.29.